The van der Waals surface area contributed by atoms with Gasteiger partial charge in [0, 0.05) is 0 Å². The van der Waals surface area contributed by atoms with E-state index in [0.717, 1.165) is 5.56 Å². The summed E-state index contributed by atoms with van der Waals surface area (Å²) in [6, 6.07) is 5.11. The number of aryl methyl sites for hydroxylation is 1. The van der Waals surface area contributed by atoms with Crippen LogP contribution in [0.15, 0.2) is 18.2 Å². The zero-order valence-electron chi connectivity index (χ0n) is 9.16. The average Bonchev–Trinajstić information content (AvgIpc) is 2.25. The van der Waals surface area contributed by atoms with Gasteiger partial charge in [0.05, 0.1) is 17.2 Å². The second-order valence-corrected chi connectivity index (χ2v) is 3.93. The third kappa shape index (κ3) is 3.48. The van der Waals surface area contributed by atoms with Gasteiger partial charge in [0.1, 0.15) is 6.10 Å². The Morgan fingerprint density at radius 3 is 2.88 bits per heavy atom. The first kappa shape index (κ1) is 13.0. The molecule has 1 amide bonds. The van der Waals surface area contributed by atoms with E-state index in [9.17, 15) is 4.79 Å². The fraction of sp³-hybridized carbons (Fsp3) is 0.364. The number of carbonyl (C=O) groups excluding carboxylic acids is 1. The lowest BCUT2D eigenvalue weighted by atomic mass is 10.1. The van der Waals surface area contributed by atoms with Crippen LogP contribution in [0.2, 0.25) is 5.02 Å². The summed E-state index contributed by atoms with van der Waals surface area (Å²) in [6.07, 6.45) is -0.451. The molecule has 88 valence electrons. The van der Waals surface area contributed by atoms with E-state index in [-0.39, 0.29) is 6.61 Å². The summed E-state index contributed by atoms with van der Waals surface area (Å²) in [4.78, 5) is 16.5. The lowest BCUT2D eigenvalue weighted by Crippen LogP contribution is -2.30. The van der Waals surface area contributed by atoms with E-state index in [2.05, 4.69) is 5.48 Å². The number of hydroxylamine groups is 1. The molecule has 2 N–H and O–H groups in total. The number of aliphatic hydroxyl groups excluding tert-OH is 1. The van der Waals surface area contributed by atoms with Crippen LogP contribution in [0.3, 0.4) is 0 Å². The van der Waals surface area contributed by atoms with Crippen molar-refractivity contribution in [3.05, 3.63) is 34.3 Å². The van der Waals surface area contributed by atoms with Crippen molar-refractivity contribution in [3.63, 3.8) is 0 Å². The minimum absolute atomic E-state index is 0.165. The molecule has 0 saturated heterocycles. The number of benzene rings is 1. The maximum absolute atomic E-state index is 11.6. The predicted molar refractivity (Wildman–Crippen MR) is 61.3 cm³/mol. The van der Waals surface area contributed by atoms with Gasteiger partial charge in [-0.1, -0.05) is 17.7 Å². The molecule has 0 aliphatic rings. The Bertz CT molecular complexity index is 381. The monoisotopic (exact) mass is 243 g/mol. The first-order chi connectivity index (χ1) is 7.54. The first-order valence-corrected chi connectivity index (χ1v) is 5.25. The minimum atomic E-state index is -0.451. The summed E-state index contributed by atoms with van der Waals surface area (Å²) in [5.41, 5.74) is 3.55. The van der Waals surface area contributed by atoms with Gasteiger partial charge < -0.3 is 5.11 Å². The summed E-state index contributed by atoms with van der Waals surface area (Å²) < 4.78 is 0. The lowest BCUT2D eigenvalue weighted by Gasteiger charge is -2.11. The van der Waals surface area contributed by atoms with Crippen LogP contribution in [-0.2, 0) is 4.84 Å². The number of halogens is 1. The number of hydrogen-bond acceptors (Lipinski definition) is 3. The number of rotatable bonds is 4. The summed E-state index contributed by atoms with van der Waals surface area (Å²) in [5, 5.41) is 9.08. The van der Waals surface area contributed by atoms with E-state index in [0.29, 0.717) is 10.6 Å². The van der Waals surface area contributed by atoms with Crippen LogP contribution < -0.4 is 5.48 Å². The molecule has 0 radical (unpaired) electrons. The molecule has 1 rings (SSSR count). The third-order valence-corrected chi connectivity index (χ3v) is 2.29. The highest BCUT2D eigenvalue weighted by atomic mass is 35.5. The summed E-state index contributed by atoms with van der Waals surface area (Å²) in [5.74, 6) is -0.426. The average molecular weight is 244 g/mol. The van der Waals surface area contributed by atoms with Crippen molar-refractivity contribution in [2.45, 2.75) is 20.0 Å². The zero-order valence-corrected chi connectivity index (χ0v) is 9.91. The second-order valence-electron chi connectivity index (χ2n) is 3.53. The molecule has 0 bridgehead atoms. The normalized spacial score (nSPS) is 12.2. The van der Waals surface area contributed by atoms with Gasteiger partial charge in [0.15, 0.2) is 0 Å². The topological polar surface area (TPSA) is 58.6 Å². The molecule has 4 nitrogen and oxygen atoms in total. The number of hydrogen-bond donors (Lipinski definition) is 2. The molecule has 0 aliphatic carbocycles. The van der Waals surface area contributed by atoms with E-state index in [1.807, 2.05) is 6.92 Å². The van der Waals surface area contributed by atoms with Gasteiger partial charge in [-0.25, -0.2) is 5.48 Å². The number of carbonyl (C=O) groups is 1. The van der Waals surface area contributed by atoms with Crippen LogP contribution >= 0.6 is 11.6 Å². The standard InChI is InChI=1S/C11H14ClNO3/c1-7-3-4-9(10(12)5-7)11(15)13-16-8(2)6-14/h3-5,8,14H,6H2,1-2H3,(H,13,15)/t8-/m1/s1. The Balaban J connectivity index is 2.66. The van der Waals surface area contributed by atoms with Crippen molar-refractivity contribution in [2.75, 3.05) is 6.61 Å². The third-order valence-electron chi connectivity index (χ3n) is 1.98. The molecule has 0 saturated carbocycles. The van der Waals surface area contributed by atoms with Gasteiger partial charge in [-0.3, -0.25) is 9.63 Å². The SMILES string of the molecule is Cc1ccc(C(=O)NO[C@H](C)CO)c(Cl)c1. The molecule has 1 aromatic rings. The summed E-state index contributed by atoms with van der Waals surface area (Å²) >= 11 is 5.91. The Labute approximate surface area is 99.1 Å². The Hall–Kier alpha value is -1.10. The maximum Gasteiger partial charge on any atom is 0.276 e. The highest BCUT2D eigenvalue weighted by Gasteiger charge is 2.11. The van der Waals surface area contributed by atoms with Gasteiger partial charge in [0.25, 0.3) is 5.91 Å². The van der Waals surface area contributed by atoms with Crippen molar-refractivity contribution in [3.8, 4) is 0 Å². The Morgan fingerprint density at radius 2 is 2.31 bits per heavy atom. The minimum Gasteiger partial charge on any atom is -0.394 e. The van der Waals surface area contributed by atoms with E-state index in [1.54, 1.807) is 25.1 Å². The number of amides is 1. The van der Waals surface area contributed by atoms with Crippen LogP contribution in [0.5, 0.6) is 0 Å². The predicted octanol–water partition coefficient (Wildman–Crippen LogP) is 1.69. The van der Waals surface area contributed by atoms with Crippen LogP contribution in [0.4, 0.5) is 0 Å². The highest BCUT2D eigenvalue weighted by Crippen LogP contribution is 2.17. The van der Waals surface area contributed by atoms with Crippen LogP contribution in [0.25, 0.3) is 0 Å². The molecule has 16 heavy (non-hydrogen) atoms. The summed E-state index contributed by atoms with van der Waals surface area (Å²) in [7, 11) is 0. The molecule has 0 heterocycles. The van der Waals surface area contributed by atoms with Crippen LogP contribution in [0, 0.1) is 6.92 Å². The molecule has 0 spiro atoms. The fourth-order valence-electron chi connectivity index (χ4n) is 1.05. The largest absolute Gasteiger partial charge is 0.394 e. The quantitative estimate of drug-likeness (QED) is 0.792. The Morgan fingerprint density at radius 1 is 1.62 bits per heavy atom. The summed E-state index contributed by atoms with van der Waals surface area (Å²) in [6.45, 7) is 3.36. The maximum atomic E-state index is 11.6. The molecule has 1 aromatic carbocycles. The van der Waals surface area contributed by atoms with Gasteiger partial charge in [-0.15, -0.1) is 0 Å². The van der Waals surface area contributed by atoms with Crippen molar-refractivity contribution in [2.24, 2.45) is 0 Å². The number of aliphatic hydroxyl groups is 1. The Kier molecular flexibility index (Phi) is 4.73. The first-order valence-electron chi connectivity index (χ1n) is 4.87. The van der Waals surface area contributed by atoms with Gasteiger partial charge in [-0.05, 0) is 31.5 Å². The van der Waals surface area contributed by atoms with Crippen LogP contribution in [0.1, 0.15) is 22.8 Å². The molecule has 0 aliphatic heterocycles. The van der Waals surface area contributed by atoms with E-state index in [4.69, 9.17) is 21.5 Å². The molecule has 0 aromatic heterocycles. The van der Waals surface area contributed by atoms with Crippen molar-refractivity contribution in [1.29, 1.82) is 0 Å². The smallest absolute Gasteiger partial charge is 0.276 e. The second kappa shape index (κ2) is 5.84. The van der Waals surface area contributed by atoms with E-state index in [1.165, 1.54) is 0 Å². The van der Waals surface area contributed by atoms with Crippen molar-refractivity contribution in [1.82, 2.24) is 5.48 Å². The lowest BCUT2D eigenvalue weighted by molar-refractivity contribution is -0.0304. The van der Waals surface area contributed by atoms with E-state index < -0.39 is 12.0 Å². The van der Waals surface area contributed by atoms with Gasteiger partial charge in [-0.2, -0.15) is 0 Å². The molecular formula is C11H14ClNO3. The number of nitrogens with one attached hydrogen (secondary N) is 1. The van der Waals surface area contributed by atoms with Crippen molar-refractivity contribution < 1.29 is 14.7 Å². The molecule has 0 fully saturated rings. The zero-order chi connectivity index (χ0) is 12.1. The van der Waals surface area contributed by atoms with Gasteiger partial charge in [0.2, 0.25) is 0 Å². The van der Waals surface area contributed by atoms with Crippen LogP contribution in [-0.4, -0.2) is 23.7 Å². The van der Waals surface area contributed by atoms with Gasteiger partial charge >= 0.3 is 0 Å². The molecule has 1 atom stereocenters. The molecule has 0 unspecified atom stereocenters. The van der Waals surface area contributed by atoms with E-state index >= 15 is 0 Å². The van der Waals surface area contributed by atoms with Crippen molar-refractivity contribution >= 4 is 17.5 Å². The molecular weight excluding hydrogens is 230 g/mol. The fourth-order valence-corrected chi connectivity index (χ4v) is 1.37. The molecule has 5 heteroatoms. The highest BCUT2D eigenvalue weighted by molar-refractivity contribution is 6.33.